The Morgan fingerprint density at radius 2 is 2.26 bits per heavy atom. The number of nitrogens with one attached hydrogen (secondary N) is 1. The molecule has 0 radical (unpaired) electrons. The van der Waals surface area contributed by atoms with Crippen LogP contribution in [0.15, 0.2) is 12.1 Å². The van der Waals surface area contributed by atoms with Gasteiger partial charge < -0.3 is 15.2 Å². The van der Waals surface area contributed by atoms with Crippen LogP contribution in [0.3, 0.4) is 0 Å². The van der Waals surface area contributed by atoms with E-state index in [0.717, 1.165) is 0 Å². The average molecular weight is 269 g/mol. The van der Waals surface area contributed by atoms with E-state index in [-0.39, 0.29) is 18.1 Å². The zero-order valence-electron chi connectivity index (χ0n) is 11.3. The molecule has 19 heavy (non-hydrogen) atoms. The van der Waals surface area contributed by atoms with Crippen molar-refractivity contribution >= 4 is 11.5 Å². The van der Waals surface area contributed by atoms with Crippen molar-refractivity contribution in [1.82, 2.24) is 4.98 Å². The number of pyridine rings is 1. The fourth-order valence-corrected chi connectivity index (χ4v) is 1.65. The number of hydrogen-bond acceptors (Lipinski definition) is 6. The van der Waals surface area contributed by atoms with Crippen molar-refractivity contribution < 1.29 is 14.8 Å². The first-order valence-electron chi connectivity index (χ1n) is 6.04. The lowest BCUT2D eigenvalue weighted by Crippen LogP contribution is -2.35. The second-order valence-electron chi connectivity index (χ2n) is 4.49. The van der Waals surface area contributed by atoms with Gasteiger partial charge in [0.2, 0.25) is 11.7 Å². The van der Waals surface area contributed by atoms with Gasteiger partial charge >= 0.3 is 5.69 Å². The lowest BCUT2D eigenvalue weighted by atomic mass is 9.95. The number of aliphatic hydroxyl groups excluding tert-OH is 1. The second kappa shape index (κ2) is 6.33. The molecule has 7 heteroatoms. The first kappa shape index (κ1) is 15.2. The van der Waals surface area contributed by atoms with E-state index in [0.29, 0.717) is 18.7 Å². The van der Waals surface area contributed by atoms with E-state index in [9.17, 15) is 10.1 Å². The maximum Gasteiger partial charge on any atom is 0.311 e. The highest BCUT2D eigenvalue weighted by molar-refractivity contribution is 5.58. The number of nitrogens with zero attached hydrogens (tertiary/aromatic N) is 2. The molecule has 0 aromatic carbocycles. The van der Waals surface area contributed by atoms with E-state index in [1.54, 1.807) is 0 Å². The van der Waals surface area contributed by atoms with Gasteiger partial charge in [0, 0.05) is 24.3 Å². The lowest BCUT2D eigenvalue weighted by molar-refractivity contribution is -0.384. The fourth-order valence-electron chi connectivity index (χ4n) is 1.65. The summed E-state index contributed by atoms with van der Waals surface area (Å²) in [6, 6.07) is 2.79. The van der Waals surface area contributed by atoms with Crippen molar-refractivity contribution in [3.8, 4) is 5.88 Å². The molecule has 0 amide bonds. The van der Waals surface area contributed by atoms with Crippen LogP contribution in [0.25, 0.3) is 0 Å². The third kappa shape index (κ3) is 3.78. The van der Waals surface area contributed by atoms with E-state index < -0.39 is 10.5 Å². The number of aromatic nitrogens is 1. The van der Waals surface area contributed by atoms with Crippen LogP contribution in [-0.2, 0) is 0 Å². The molecule has 0 fully saturated rings. The van der Waals surface area contributed by atoms with Crippen molar-refractivity contribution in [2.24, 2.45) is 0 Å². The van der Waals surface area contributed by atoms with Gasteiger partial charge in [-0.15, -0.1) is 0 Å². The van der Waals surface area contributed by atoms with Crippen LogP contribution < -0.4 is 10.1 Å². The maximum absolute atomic E-state index is 11.0. The van der Waals surface area contributed by atoms with Gasteiger partial charge in [-0.25, -0.2) is 0 Å². The van der Waals surface area contributed by atoms with E-state index in [2.05, 4.69) is 10.3 Å². The van der Waals surface area contributed by atoms with Gasteiger partial charge in [-0.05, 0) is 19.8 Å². The Bertz CT molecular complexity index is 453. The number of aliphatic hydroxyl groups is 1. The zero-order valence-corrected chi connectivity index (χ0v) is 11.3. The summed E-state index contributed by atoms with van der Waals surface area (Å²) in [7, 11) is 1.45. The number of rotatable bonds is 7. The largest absolute Gasteiger partial charge is 0.481 e. The van der Waals surface area contributed by atoms with Gasteiger partial charge in [0.05, 0.1) is 12.0 Å². The van der Waals surface area contributed by atoms with Crippen LogP contribution in [0.2, 0.25) is 0 Å². The monoisotopic (exact) mass is 269 g/mol. The van der Waals surface area contributed by atoms with Gasteiger partial charge in [0.25, 0.3) is 0 Å². The molecule has 0 aliphatic carbocycles. The number of hydrogen-bond donors (Lipinski definition) is 2. The van der Waals surface area contributed by atoms with E-state index in [4.69, 9.17) is 9.84 Å². The van der Waals surface area contributed by atoms with Crippen molar-refractivity contribution in [3.05, 3.63) is 22.2 Å². The Morgan fingerprint density at radius 3 is 2.74 bits per heavy atom. The van der Waals surface area contributed by atoms with Gasteiger partial charge in [0.15, 0.2) is 0 Å². The summed E-state index contributed by atoms with van der Waals surface area (Å²) in [4.78, 5) is 14.6. The van der Waals surface area contributed by atoms with Crippen molar-refractivity contribution in [2.45, 2.75) is 32.2 Å². The smallest absolute Gasteiger partial charge is 0.311 e. The molecule has 1 heterocycles. The van der Waals surface area contributed by atoms with E-state index in [1.807, 2.05) is 13.8 Å². The molecular formula is C12H19N3O4. The van der Waals surface area contributed by atoms with E-state index >= 15 is 0 Å². The maximum atomic E-state index is 11.0. The molecule has 1 atom stereocenters. The average Bonchev–Trinajstić information content (AvgIpc) is 2.38. The lowest BCUT2D eigenvalue weighted by Gasteiger charge is -2.29. The third-order valence-electron chi connectivity index (χ3n) is 3.12. The number of anilines is 1. The summed E-state index contributed by atoms with van der Waals surface area (Å²) in [5.74, 6) is 0.456. The Balaban J connectivity index is 3.12. The summed E-state index contributed by atoms with van der Waals surface area (Å²) >= 11 is 0. The summed E-state index contributed by atoms with van der Waals surface area (Å²) in [6.45, 7) is 3.82. The molecule has 1 aromatic heterocycles. The van der Waals surface area contributed by atoms with Crippen molar-refractivity contribution in [2.75, 3.05) is 19.0 Å². The van der Waals surface area contributed by atoms with Crippen LogP contribution in [0.1, 0.15) is 26.7 Å². The predicted octanol–water partition coefficient (Wildman–Crippen LogP) is 1.96. The molecule has 1 aromatic rings. The molecular weight excluding hydrogens is 250 g/mol. The number of nitro groups is 1. The topological polar surface area (TPSA) is 97.5 Å². The SMILES string of the molecule is CCC(C)(CCO)Nc1nc(OC)ccc1[N+](=O)[O-]. The van der Waals surface area contributed by atoms with E-state index in [1.165, 1.54) is 19.2 Å². The molecule has 106 valence electrons. The Hall–Kier alpha value is -1.89. The van der Waals surface area contributed by atoms with Crippen molar-refractivity contribution in [3.63, 3.8) is 0 Å². The molecule has 0 saturated carbocycles. The summed E-state index contributed by atoms with van der Waals surface area (Å²) in [6.07, 6.45) is 1.17. The van der Waals surface area contributed by atoms with Gasteiger partial charge in [-0.1, -0.05) is 6.92 Å². The third-order valence-corrected chi connectivity index (χ3v) is 3.12. The Morgan fingerprint density at radius 1 is 1.58 bits per heavy atom. The highest BCUT2D eigenvalue weighted by Gasteiger charge is 2.26. The molecule has 1 unspecified atom stereocenters. The molecule has 0 saturated heterocycles. The van der Waals surface area contributed by atoms with Crippen LogP contribution in [0, 0.1) is 10.1 Å². The van der Waals surface area contributed by atoms with Crippen molar-refractivity contribution in [1.29, 1.82) is 0 Å². The van der Waals surface area contributed by atoms with Crippen LogP contribution >= 0.6 is 0 Å². The van der Waals surface area contributed by atoms with Gasteiger partial charge in [0.1, 0.15) is 0 Å². The Labute approximate surface area is 111 Å². The molecule has 0 spiro atoms. The summed E-state index contributed by atoms with van der Waals surface area (Å²) in [5, 5.41) is 23.1. The normalized spacial score (nSPS) is 13.7. The molecule has 1 rings (SSSR count). The number of ether oxygens (including phenoxy) is 1. The summed E-state index contributed by atoms with van der Waals surface area (Å²) < 4.78 is 4.97. The molecule has 7 nitrogen and oxygen atoms in total. The van der Waals surface area contributed by atoms with Gasteiger partial charge in [-0.2, -0.15) is 4.98 Å². The second-order valence-corrected chi connectivity index (χ2v) is 4.49. The zero-order chi connectivity index (χ0) is 14.5. The molecule has 0 aliphatic heterocycles. The van der Waals surface area contributed by atoms with Crippen LogP contribution in [0.5, 0.6) is 5.88 Å². The highest BCUT2D eigenvalue weighted by atomic mass is 16.6. The van der Waals surface area contributed by atoms with Gasteiger partial charge in [-0.3, -0.25) is 10.1 Å². The quantitative estimate of drug-likeness (QED) is 0.580. The minimum atomic E-state index is -0.496. The standard InChI is InChI=1S/C12H19N3O4/c1-4-12(2,7-8-16)14-11-9(15(17)18)5-6-10(13-11)19-3/h5-6,16H,4,7-8H2,1-3H3,(H,13,14). The van der Waals surface area contributed by atoms with Crippen LogP contribution in [0.4, 0.5) is 11.5 Å². The first-order valence-corrected chi connectivity index (χ1v) is 6.04. The van der Waals surface area contributed by atoms with Crippen LogP contribution in [-0.4, -0.2) is 34.3 Å². The minimum Gasteiger partial charge on any atom is -0.481 e. The highest BCUT2D eigenvalue weighted by Crippen LogP contribution is 2.29. The predicted molar refractivity (Wildman–Crippen MR) is 71.5 cm³/mol. The molecule has 2 N–H and O–H groups in total. The first-order chi connectivity index (χ1) is 8.95. The Kier molecular flexibility index (Phi) is 5.05. The molecule has 0 aliphatic rings. The minimum absolute atomic E-state index is 0.00486. The molecule has 0 bridgehead atoms. The summed E-state index contributed by atoms with van der Waals surface area (Å²) in [5.41, 5.74) is -0.572. The fraction of sp³-hybridized carbons (Fsp3) is 0.583. The number of methoxy groups -OCH3 is 1.